The fraction of sp³-hybridized carbons (Fsp3) is 0.269. The molecular formula is C26H28N6O3. The van der Waals surface area contributed by atoms with E-state index in [4.69, 9.17) is 4.74 Å². The molecule has 2 aromatic carbocycles. The summed E-state index contributed by atoms with van der Waals surface area (Å²) >= 11 is 0. The van der Waals surface area contributed by atoms with Gasteiger partial charge in [-0.2, -0.15) is 0 Å². The van der Waals surface area contributed by atoms with E-state index in [2.05, 4.69) is 20.6 Å². The summed E-state index contributed by atoms with van der Waals surface area (Å²) in [6.07, 6.45) is 3.93. The summed E-state index contributed by atoms with van der Waals surface area (Å²) in [4.78, 5) is 33.2. The van der Waals surface area contributed by atoms with Crippen LogP contribution in [0.2, 0.25) is 0 Å². The Kier molecular flexibility index (Phi) is 7.79. The van der Waals surface area contributed by atoms with Crippen LogP contribution in [0.3, 0.4) is 0 Å². The van der Waals surface area contributed by atoms with E-state index >= 15 is 0 Å². The number of rotatable bonds is 10. The van der Waals surface area contributed by atoms with Gasteiger partial charge in [-0.3, -0.25) is 19.5 Å². The van der Waals surface area contributed by atoms with Gasteiger partial charge in [0, 0.05) is 31.7 Å². The van der Waals surface area contributed by atoms with Crippen LogP contribution in [-0.4, -0.2) is 52.1 Å². The Bertz CT molecular complexity index is 1290. The number of anilines is 1. The first-order valence-corrected chi connectivity index (χ1v) is 11.5. The Morgan fingerprint density at radius 2 is 1.80 bits per heavy atom. The average Bonchev–Trinajstić information content (AvgIpc) is 3.30. The van der Waals surface area contributed by atoms with E-state index < -0.39 is 6.04 Å². The van der Waals surface area contributed by atoms with Crippen LogP contribution in [0.1, 0.15) is 24.1 Å². The van der Waals surface area contributed by atoms with Crippen LogP contribution in [-0.2, 0) is 27.3 Å². The number of pyridine rings is 1. The summed E-state index contributed by atoms with van der Waals surface area (Å²) in [5, 5.41) is 11.3. The molecular weight excluding hydrogens is 444 g/mol. The van der Waals surface area contributed by atoms with E-state index in [1.54, 1.807) is 41.2 Å². The van der Waals surface area contributed by atoms with Crippen LogP contribution >= 0.6 is 0 Å². The van der Waals surface area contributed by atoms with Gasteiger partial charge < -0.3 is 10.1 Å². The molecule has 1 unspecified atom stereocenters. The Balaban J connectivity index is 1.79. The molecule has 35 heavy (non-hydrogen) atoms. The number of nitrogens with zero attached hydrogens (tertiary/aromatic N) is 5. The summed E-state index contributed by atoms with van der Waals surface area (Å²) in [5.74, 6) is -0.596. The van der Waals surface area contributed by atoms with E-state index in [0.29, 0.717) is 36.3 Å². The van der Waals surface area contributed by atoms with Crippen molar-refractivity contribution in [1.82, 2.24) is 25.3 Å². The topological polar surface area (TPSA) is 102 Å². The third kappa shape index (κ3) is 5.36. The van der Waals surface area contributed by atoms with Crippen LogP contribution in [0.5, 0.6) is 0 Å². The van der Waals surface area contributed by atoms with Crippen LogP contribution in [0.25, 0.3) is 11.0 Å². The SMILES string of the molecule is CCc1ccccc1N(C(=O)Cn1nnc2ccccc21)C(C(=O)NCCOC)c1ccncc1. The highest BCUT2D eigenvalue weighted by molar-refractivity contribution is 6.02. The second-order valence-corrected chi connectivity index (χ2v) is 7.95. The highest BCUT2D eigenvalue weighted by Gasteiger charge is 2.34. The summed E-state index contributed by atoms with van der Waals surface area (Å²) < 4.78 is 6.66. The monoisotopic (exact) mass is 472 g/mol. The number of ether oxygens (including phenoxy) is 1. The van der Waals surface area contributed by atoms with Gasteiger partial charge in [-0.1, -0.05) is 42.5 Å². The molecule has 0 radical (unpaired) electrons. The number of amides is 2. The van der Waals surface area contributed by atoms with Crippen LogP contribution in [0.4, 0.5) is 5.69 Å². The Morgan fingerprint density at radius 1 is 1.06 bits per heavy atom. The molecule has 9 heteroatoms. The predicted molar refractivity (Wildman–Crippen MR) is 133 cm³/mol. The number of para-hydroxylation sites is 2. The van der Waals surface area contributed by atoms with Gasteiger partial charge in [0.25, 0.3) is 0 Å². The largest absolute Gasteiger partial charge is 0.383 e. The van der Waals surface area contributed by atoms with Gasteiger partial charge in [0.2, 0.25) is 11.8 Å². The first kappa shape index (κ1) is 24.0. The molecule has 0 aliphatic rings. The quantitative estimate of drug-likeness (QED) is 0.356. The second-order valence-electron chi connectivity index (χ2n) is 7.95. The zero-order valence-corrected chi connectivity index (χ0v) is 19.8. The molecule has 0 spiro atoms. The molecule has 1 N–H and O–H groups in total. The maximum absolute atomic E-state index is 14.0. The van der Waals surface area contributed by atoms with Gasteiger partial charge in [-0.05, 0) is 47.9 Å². The summed E-state index contributed by atoms with van der Waals surface area (Å²) in [5.41, 5.74) is 3.72. The highest BCUT2D eigenvalue weighted by Crippen LogP contribution is 2.31. The number of aromatic nitrogens is 4. The van der Waals surface area contributed by atoms with Gasteiger partial charge in [0.05, 0.1) is 12.1 Å². The summed E-state index contributed by atoms with van der Waals surface area (Å²) in [7, 11) is 1.57. The fourth-order valence-electron chi connectivity index (χ4n) is 4.04. The number of aryl methyl sites for hydroxylation is 1. The van der Waals surface area contributed by atoms with Crippen molar-refractivity contribution in [1.29, 1.82) is 0 Å². The number of hydrogen-bond acceptors (Lipinski definition) is 6. The van der Waals surface area contributed by atoms with Crippen molar-refractivity contribution in [2.75, 3.05) is 25.2 Å². The lowest BCUT2D eigenvalue weighted by molar-refractivity contribution is -0.127. The number of fused-ring (bicyclic) bond motifs is 1. The molecule has 1 atom stereocenters. The van der Waals surface area contributed by atoms with Crippen molar-refractivity contribution in [3.05, 3.63) is 84.2 Å². The lowest BCUT2D eigenvalue weighted by Gasteiger charge is -2.33. The van der Waals surface area contributed by atoms with Gasteiger partial charge in [0.15, 0.2) is 0 Å². The maximum atomic E-state index is 14.0. The molecule has 0 saturated carbocycles. The minimum Gasteiger partial charge on any atom is -0.383 e. The van der Waals surface area contributed by atoms with Gasteiger partial charge in [0.1, 0.15) is 18.1 Å². The van der Waals surface area contributed by atoms with Crippen molar-refractivity contribution < 1.29 is 14.3 Å². The zero-order valence-electron chi connectivity index (χ0n) is 19.8. The normalized spacial score (nSPS) is 11.8. The number of carbonyl (C=O) groups is 2. The van der Waals surface area contributed by atoms with Crippen molar-refractivity contribution >= 4 is 28.5 Å². The number of nitrogens with one attached hydrogen (secondary N) is 1. The van der Waals surface area contributed by atoms with Crippen LogP contribution in [0.15, 0.2) is 73.1 Å². The molecule has 4 aromatic rings. The molecule has 0 fully saturated rings. The third-order valence-electron chi connectivity index (χ3n) is 5.74. The standard InChI is InChI=1S/C26H28N6O3/c1-3-19-8-4-6-10-22(19)32(24(33)18-31-23-11-7-5-9-21(23)29-30-31)25(20-12-14-27-15-13-20)26(34)28-16-17-35-2/h4-15,25H,3,16-18H2,1-2H3,(H,28,34). The average molecular weight is 473 g/mol. The molecule has 0 aliphatic heterocycles. The van der Waals surface area contributed by atoms with Crippen LogP contribution in [0, 0.1) is 0 Å². The minimum atomic E-state index is -0.912. The summed E-state index contributed by atoms with van der Waals surface area (Å²) in [6.45, 7) is 2.62. The van der Waals surface area contributed by atoms with E-state index in [9.17, 15) is 9.59 Å². The molecule has 2 amide bonds. The van der Waals surface area contributed by atoms with Gasteiger partial charge in [-0.25, -0.2) is 4.68 Å². The number of carbonyl (C=O) groups excluding carboxylic acids is 2. The maximum Gasteiger partial charge on any atom is 0.249 e. The van der Waals surface area contributed by atoms with Crippen molar-refractivity contribution in [3.8, 4) is 0 Å². The van der Waals surface area contributed by atoms with E-state index in [1.807, 2.05) is 55.5 Å². The number of benzene rings is 2. The zero-order chi connectivity index (χ0) is 24.6. The van der Waals surface area contributed by atoms with Crippen LogP contribution < -0.4 is 10.2 Å². The number of methoxy groups -OCH3 is 1. The predicted octanol–water partition coefficient (Wildman–Crippen LogP) is 2.93. The van der Waals surface area contributed by atoms with E-state index in [1.165, 1.54) is 0 Å². The first-order valence-electron chi connectivity index (χ1n) is 11.5. The molecule has 0 aliphatic carbocycles. The third-order valence-corrected chi connectivity index (χ3v) is 5.74. The number of hydrogen-bond donors (Lipinski definition) is 1. The smallest absolute Gasteiger partial charge is 0.249 e. The van der Waals surface area contributed by atoms with Crippen molar-refractivity contribution in [2.45, 2.75) is 25.9 Å². The Morgan fingerprint density at radius 3 is 2.57 bits per heavy atom. The highest BCUT2D eigenvalue weighted by atomic mass is 16.5. The molecule has 180 valence electrons. The van der Waals surface area contributed by atoms with E-state index in [0.717, 1.165) is 11.1 Å². The molecule has 9 nitrogen and oxygen atoms in total. The summed E-state index contributed by atoms with van der Waals surface area (Å²) in [6, 6.07) is 17.7. The van der Waals surface area contributed by atoms with Gasteiger partial charge >= 0.3 is 0 Å². The Labute approximate surface area is 203 Å². The second kappa shape index (κ2) is 11.3. The fourth-order valence-corrected chi connectivity index (χ4v) is 4.04. The van der Waals surface area contributed by atoms with Gasteiger partial charge in [-0.15, -0.1) is 5.10 Å². The van der Waals surface area contributed by atoms with Crippen molar-refractivity contribution in [2.24, 2.45) is 0 Å². The van der Waals surface area contributed by atoms with E-state index in [-0.39, 0.29) is 18.4 Å². The van der Waals surface area contributed by atoms with Crippen molar-refractivity contribution in [3.63, 3.8) is 0 Å². The lowest BCUT2D eigenvalue weighted by atomic mass is 10.0. The first-order chi connectivity index (χ1) is 17.1. The minimum absolute atomic E-state index is 0.0779. The Hall–Kier alpha value is -4.11. The molecule has 0 bridgehead atoms. The lowest BCUT2D eigenvalue weighted by Crippen LogP contribution is -2.46. The molecule has 2 aromatic heterocycles. The molecule has 0 saturated heterocycles. The molecule has 4 rings (SSSR count). The molecule has 2 heterocycles.